The molecule has 0 spiro atoms. The summed E-state index contributed by atoms with van der Waals surface area (Å²) in [7, 11) is -1.55. The van der Waals surface area contributed by atoms with Gasteiger partial charge >= 0.3 is 0 Å². The number of hydrogen-bond donors (Lipinski definition) is 1. The van der Waals surface area contributed by atoms with E-state index in [1.165, 1.54) is 5.57 Å². The molecule has 4 nitrogen and oxygen atoms in total. The lowest BCUT2D eigenvalue weighted by molar-refractivity contribution is 0.431. The van der Waals surface area contributed by atoms with Gasteiger partial charge in [0.05, 0.1) is 4.90 Å². The fourth-order valence-corrected chi connectivity index (χ4v) is 4.28. The number of aryl methyl sites for hydroxylation is 2. The van der Waals surface area contributed by atoms with Crippen molar-refractivity contribution in [2.75, 3.05) is 20.1 Å². The zero-order valence-corrected chi connectivity index (χ0v) is 14.0. The van der Waals surface area contributed by atoms with Crippen LogP contribution < -0.4 is 5.32 Å². The van der Waals surface area contributed by atoms with Gasteiger partial charge in [0.25, 0.3) is 0 Å². The van der Waals surface area contributed by atoms with Crippen LogP contribution in [0.2, 0.25) is 0 Å². The van der Waals surface area contributed by atoms with Crippen LogP contribution in [-0.4, -0.2) is 32.9 Å². The lowest BCUT2D eigenvalue weighted by Crippen LogP contribution is -2.35. The highest BCUT2D eigenvalue weighted by atomic mass is 32.2. The van der Waals surface area contributed by atoms with Crippen molar-refractivity contribution in [2.24, 2.45) is 0 Å². The Hall–Kier alpha value is -1.17. The van der Waals surface area contributed by atoms with E-state index in [1.54, 1.807) is 4.31 Å². The molecule has 0 saturated carbocycles. The Morgan fingerprint density at radius 2 is 1.90 bits per heavy atom. The van der Waals surface area contributed by atoms with Crippen LogP contribution in [-0.2, 0) is 16.6 Å². The van der Waals surface area contributed by atoms with Crippen LogP contribution in [0, 0.1) is 13.8 Å². The molecule has 0 aromatic heterocycles. The molecule has 2 rings (SSSR count). The van der Waals surface area contributed by atoms with Gasteiger partial charge in [-0.25, -0.2) is 8.42 Å². The summed E-state index contributed by atoms with van der Waals surface area (Å²) in [6.45, 7) is 7.65. The number of benzene rings is 1. The predicted molar refractivity (Wildman–Crippen MR) is 85.8 cm³/mol. The molecule has 5 heteroatoms. The van der Waals surface area contributed by atoms with E-state index in [2.05, 4.69) is 5.32 Å². The lowest BCUT2D eigenvalue weighted by atomic mass is 10.1. The third kappa shape index (κ3) is 3.36. The van der Waals surface area contributed by atoms with Crippen molar-refractivity contribution in [2.45, 2.75) is 38.6 Å². The fourth-order valence-electron chi connectivity index (χ4n) is 2.64. The molecule has 0 aliphatic carbocycles. The Morgan fingerprint density at radius 1 is 1.19 bits per heavy atom. The molecule has 0 bridgehead atoms. The highest BCUT2D eigenvalue weighted by Crippen LogP contribution is 2.25. The zero-order valence-electron chi connectivity index (χ0n) is 13.2. The Balaban J connectivity index is 2.42. The molecule has 0 fully saturated rings. The first-order chi connectivity index (χ1) is 9.86. The first kappa shape index (κ1) is 16.2. The Labute approximate surface area is 127 Å². The molecular weight excluding hydrogens is 284 g/mol. The maximum Gasteiger partial charge on any atom is 0.243 e. The van der Waals surface area contributed by atoms with E-state index in [1.807, 2.05) is 46.0 Å². The van der Waals surface area contributed by atoms with Gasteiger partial charge in [0.2, 0.25) is 10.0 Å². The van der Waals surface area contributed by atoms with Gasteiger partial charge in [0.15, 0.2) is 0 Å². The minimum atomic E-state index is -3.41. The largest absolute Gasteiger partial charge is 0.316 e. The van der Waals surface area contributed by atoms with E-state index in [0.717, 1.165) is 23.1 Å². The van der Waals surface area contributed by atoms with Crippen molar-refractivity contribution in [3.05, 3.63) is 40.5 Å². The maximum atomic E-state index is 12.9. The molecule has 0 saturated heterocycles. The monoisotopic (exact) mass is 308 g/mol. The first-order valence-electron chi connectivity index (χ1n) is 7.26. The smallest absolute Gasteiger partial charge is 0.243 e. The van der Waals surface area contributed by atoms with Crippen molar-refractivity contribution in [3.63, 3.8) is 0 Å². The minimum Gasteiger partial charge on any atom is -0.316 e. The van der Waals surface area contributed by atoms with Gasteiger partial charge in [0.1, 0.15) is 0 Å². The van der Waals surface area contributed by atoms with Crippen molar-refractivity contribution < 1.29 is 8.42 Å². The Bertz CT molecular complexity index is 663. The van der Waals surface area contributed by atoms with E-state index in [9.17, 15) is 8.42 Å². The lowest BCUT2D eigenvalue weighted by Gasteiger charge is -2.26. The summed E-state index contributed by atoms with van der Waals surface area (Å²) in [5, 5.41) is 3.09. The number of nitrogens with one attached hydrogen (secondary N) is 1. The molecule has 1 heterocycles. The van der Waals surface area contributed by atoms with Crippen molar-refractivity contribution in [3.8, 4) is 0 Å². The zero-order chi connectivity index (χ0) is 15.6. The van der Waals surface area contributed by atoms with Crippen LogP contribution in [0.15, 0.2) is 28.7 Å². The van der Waals surface area contributed by atoms with Gasteiger partial charge in [-0.05, 0) is 57.0 Å². The Kier molecular flexibility index (Phi) is 4.86. The standard InChI is InChI=1S/C16H24N2O2S/c1-12-5-7-18(8-6-12)21(19,20)16-10-15(11-17-4)13(2)9-14(16)3/h5,9-10,17H,6-8,11H2,1-4H3. The van der Waals surface area contributed by atoms with Gasteiger partial charge in [-0.3, -0.25) is 0 Å². The molecule has 1 N–H and O–H groups in total. The molecule has 1 aromatic rings. The van der Waals surface area contributed by atoms with Crippen LogP contribution >= 0.6 is 0 Å². The Morgan fingerprint density at radius 3 is 2.48 bits per heavy atom. The van der Waals surface area contributed by atoms with E-state index in [-0.39, 0.29) is 0 Å². The summed E-state index contributed by atoms with van der Waals surface area (Å²) in [4.78, 5) is 0.436. The minimum absolute atomic E-state index is 0.436. The van der Waals surface area contributed by atoms with Gasteiger partial charge < -0.3 is 5.32 Å². The number of hydrogen-bond acceptors (Lipinski definition) is 3. The summed E-state index contributed by atoms with van der Waals surface area (Å²) in [5.41, 5.74) is 4.23. The van der Waals surface area contributed by atoms with Crippen LogP contribution in [0.4, 0.5) is 0 Å². The second-order valence-electron chi connectivity index (χ2n) is 5.74. The summed E-state index contributed by atoms with van der Waals surface area (Å²) in [5.74, 6) is 0. The van der Waals surface area contributed by atoms with Crippen LogP contribution in [0.3, 0.4) is 0 Å². The van der Waals surface area contributed by atoms with Crippen molar-refractivity contribution in [1.82, 2.24) is 9.62 Å². The number of nitrogens with zero attached hydrogens (tertiary/aromatic N) is 1. The highest BCUT2D eigenvalue weighted by Gasteiger charge is 2.27. The van der Waals surface area contributed by atoms with Crippen molar-refractivity contribution in [1.29, 1.82) is 0 Å². The summed E-state index contributed by atoms with van der Waals surface area (Å²) >= 11 is 0. The molecule has 0 atom stereocenters. The molecule has 1 aliphatic rings. The normalized spacial score (nSPS) is 16.9. The van der Waals surface area contributed by atoms with E-state index in [0.29, 0.717) is 24.5 Å². The summed E-state index contributed by atoms with van der Waals surface area (Å²) in [6.07, 6.45) is 2.81. The van der Waals surface area contributed by atoms with E-state index in [4.69, 9.17) is 0 Å². The fraction of sp³-hybridized carbons (Fsp3) is 0.500. The summed E-state index contributed by atoms with van der Waals surface area (Å²) in [6, 6.07) is 3.78. The van der Waals surface area contributed by atoms with Gasteiger partial charge in [-0.15, -0.1) is 0 Å². The molecule has 21 heavy (non-hydrogen) atoms. The third-order valence-electron chi connectivity index (χ3n) is 4.02. The molecule has 1 aromatic carbocycles. The highest BCUT2D eigenvalue weighted by molar-refractivity contribution is 7.89. The second kappa shape index (κ2) is 6.30. The van der Waals surface area contributed by atoms with Crippen LogP contribution in [0.25, 0.3) is 0 Å². The SMILES string of the molecule is CNCc1cc(S(=O)(=O)N2CC=C(C)CC2)c(C)cc1C. The second-order valence-corrected chi connectivity index (χ2v) is 7.64. The molecule has 0 unspecified atom stereocenters. The van der Waals surface area contributed by atoms with Crippen molar-refractivity contribution >= 4 is 10.0 Å². The maximum absolute atomic E-state index is 12.9. The summed E-state index contributed by atoms with van der Waals surface area (Å²) < 4.78 is 27.3. The predicted octanol–water partition coefficient (Wildman–Crippen LogP) is 2.36. The first-order valence-corrected chi connectivity index (χ1v) is 8.70. The molecular formula is C16H24N2O2S. The van der Waals surface area contributed by atoms with Gasteiger partial charge in [-0.1, -0.05) is 17.7 Å². The number of rotatable bonds is 4. The quantitative estimate of drug-likeness (QED) is 0.869. The van der Waals surface area contributed by atoms with E-state index >= 15 is 0 Å². The third-order valence-corrected chi connectivity index (χ3v) is 6.02. The number of sulfonamides is 1. The van der Waals surface area contributed by atoms with Crippen LogP contribution in [0.1, 0.15) is 30.0 Å². The molecule has 116 valence electrons. The van der Waals surface area contributed by atoms with Gasteiger partial charge in [0, 0.05) is 19.6 Å². The van der Waals surface area contributed by atoms with Crippen LogP contribution in [0.5, 0.6) is 0 Å². The van der Waals surface area contributed by atoms with E-state index < -0.39 is 10.0 Å². The molecule has 1 aliphatic heterocycles. The van der Waals surface area contributed by atoms with Gasteiger partial charge in [-0.2, -0.15) is 4.31 Å². The molecule has 0 radical (unpaired) electrons. The molecule has 0 amide bonds. The average molecular weight is 308 g/mol. The average Bonchev–Trinajstić information content (AvgIpc) is 2.42. The topological polar surface area (TPSA) is 49.4 Å².